The molecule has 1 saturated heterocycles. The maximum absolute atomic E-state index is 12.6. The molecule has 0 spiro atoms. The van der Waals surface area contributed by atoms with Crippen molar-refractivity contribution < 1.29 is 19.5 Å². The van der Waals surface area contributed by atoms with E-state index in [2.05, 4.69) is 5.32 Å². The molecule has 2 unspecified atom stereocenters. The van der Waals surface area contributed by atoms with Crippen LogP contribution in [0.15, 0.2) is 30.3 Å². The molecule has 1 fully saturated rings. The maximum Gasteiger partial charge on any atom is 0.329 e. The van der Waals surface area contributed by atoms with Crippen molar-refractivity contribution in [3.63, 3.8) is 0 Å². The molecule has 1 aromatic carbocycles. The molecule has 1 aromatic rings. The van der Waals surface area contributed by atoms with Crippen molar-refractivity contribution in [1.29, 1.82) is 0 Å². The first-order valence-corrected chi connectivity index (χ1v) is 7.70. The molecule has 1 aliphatic heterocycles. The molecule has 2 atom stereocenters. The third kappa shape index (κ3) is 3.70. The van der Waals surface area contributed by atoms with Gasteiger partial charge in [-0.2, -0.15) is 0 Å². The number of hydrogen-bond donors (Lipinski definition) is 2. The van der Waals surface area contributed by atoms with Gasteiger partial charge in [0.15, 0.2) is 0 Å². The fourth-order valence-electron chi connectivity index (χ4n) is 3.05. The zero-order valence-corrected chi connectivity index (χ0v) is 13.4. The molecule has 124 valence electrons. The second-order valence-electron chi connectivity index (χ2n) is 6.10. The highest BCUT2D eigenvalue weighted by atomic mass is 16.4. The molecule has 23 heavy (non-hydrogen) atoms. The minimum atomic E-state index is -1.16. The summed E-state index contributed by atoms with van der Waals surface area (Å²) in [6.45, 7) is 3.41. The molecule has 2 rings (SSSR count). The van der Waals surface area contributed by atoms with E-state index in [1.165, 1.54) is 11.8 Å². The highest BCUT2D eigenvalue weighted by Gasteiger charge is 2.46. The number of carboxylic acid groups (broad SMARTS) is 1. The van der Waals surface area contributed by atoms with Crippen LogP contribution in [0.3, 0.4) is 0 Å². The topological polar surface area (TPSA) is 86.7 Å². The SMILES string of the molecule is CC(=O)NC(CC(=O)N1CCCC1(C)C(=O)O)c1ccccc1. The number of rotatable bonds is 5. The van der Waals surface area contributed by atoms with E-state index in [0.29, 0.717) is 19.4 Å². The van der Waals surface area contributed by atoms with Crippen LogP contribution in [-0.2, 0) is 14.4 Å². The van der Waals surface area contributed by atoms with E-state index in [1.54, 1.807) is 6.92 Å². The van der Waals surface area contributed by atoms with E-state index in [4.69, 9.17) is 0 Å². The Morgan fingerprint density at radius 2 is 1.96 bits per heavy atom. The van der Waals surface area contributed by atoms with Gasteiger partial charge in [0.2, 0.25) is 11.8 Å². The van der Waals surface area contributed by atoms with Crippen molar-refractivity contribution >= 4 is 17.8 Å². The molecule has 0 bridgehead atoms. The molecule has 1 heterocycles. The molecular weight excluding hydrogens is 296 g/mol. The Hall–Kier alpha value is -2.37. The summed E-state index contributed by atoms with van der Waals surface area (Å²) in [5.41, 5.74) is -0.332. The van der Waals surface area contributed by atoms with Crippen molar-refractivity contribution in [2.24, 2.45) is 0 Å². The molecular formula is C17H22N2O4. The van der Waals surface area contributed by atoms with Crippen LogP contribution in [0.4, 0.5) is 0 Å². The number of likely N-dealkylation sites (tertiary alicyclic amines) is 1. The number of carbonyl (C=O) groups excluding carboxylic acids is 2. The van der Waals surface area contributed by atoms with Gasteiger partial charge in [0.25, 0.3) is 0 Å². The molecule has 0 saturated carbocycles. The average molecular weight is 318 g/mol. The predicted molar refractivity (Wildman–Crippen MR) is 84.6 cm³/mol. The average Bonchev–Trinajstić information content (AvgIpc) is 2.90. The number of aliphatic carboxylic acids is 1. The number of nitrogens with zero attached hydrogens (tertiary/aromatic N) is 1. The number of carbonyl (C=O) groups is 3. The molecule has 0 aliphatic carbocycles. The van der Waals surface area contributed by atoms with E-state index in [-0.39, 0.29) is 18.2 Å². The fourth-order valence-corrected chi connectivity index (χ4v) is 3.05. The van der Waals surface area contributed by atoms with Gasteiger partial charge in [0.1, 0.15) is 5.54 Å². The molecule has 0 aromatic heterocycles. The Balaban J connectivity index is 2.18. The van der Waals surface area contributed by atoms with Gasteiger partial charge >= 0.3 is 5.97 Å². The molecule has 6 nitrogen and oxygen atoms in total. The second-order valence-corrected chi connectivity index (χ2v) is 6.10. The van der Waals surface area contributed by atoms with Crippen molar-refractivity contribution in [1.82, 2.24) is 10.2 Å². The van der Waals surface area contributed by atoms with E-state index in [1.807, 2.05) is 30.3 Å². The number of benzene rings is 1. The van der Waals surface area contributed by atoms with E-state index in [9.17, 15) is 19.5 Å². The van der Waals surface area contributed by atoms with Gasteiger partial charge in [-0.1, -0.05) is 30.3 Å². The Kier molecular flexibility index (Phi) is 5.03. The van der Waals surface area contributed by atoms with Crippen LogP contribution in [0.2, 0.25) is 0 Å². The highest BCUT2D eigenvalue weighted by molar-refractivity contribution is 5.88. The van der Waals surface area contributed by atoms with Crippen LogP contribution in [0.1, 0.15) is 44.7 Å². The first kappa shape index (κ1) is 17.0. The van der Waals surface area contributed by atoms with E-state index in [0.717, 1.165) is 5.56 Å². The molecule has 2 amide bonds. The summed E-state index contributed by atoms with van der Waals surface area (Å²) in [5.74, 6) is -1.47. The zero-order valence-electron chi connectivity index (χ0n) is 13.4. The van der Waals surface area contributed by atoms with Crippen molar-refractivity contribution in [3.05, 3.63) is 35.9 Å². The molecule has 0 radical (unpaired) electrons. The van der Waals surface area contributed by atoms with Crippen LogP contribution in [0, 0.1) is 0 Å². The maximum atomic E-state index is 12.6. The summed E-state index contributed by atoms with van der Waals surface area (Å²) < 4.78 is 0. The summed E-state index contributed by atoms with van der Waals surface area (Å²) in [7, 11) is 0. The quantitative estimate of drug-likeness (QED) is 0.865. The van der Waals surface area contributed by atoms with Gasteiger partial charge in [-0.25, -0.2) is 4.79 Å². The lowest BCUT2D eigenvalue weighted by Crippen LogP contribution is -2.51. The first-order valence-electron chi connectivity index (χ1n) is 7.70. The standard InChI is InChI=1S/C17H22N2O4/c1-12(20)18-14(13-7-4-3-5-8-13)11-15(21)19-10-6-9-17(19,2)16(22)23/h3-5,7-8,14H,6,9-11H2,1-2H3,(H,18,20)(H,22,23). The molecule has 1 aliphatic rings. The Morgan fingerprint density at radius 3 is 2.52 bits per heavy atom. The molecule has 2 N–H and O–H groups in total. The Bertz CT molecular complexity index is 602. The normalized spacial score (nSPS) is 21.7. The van der Waals surface area contributed by atoms with E-state index >= 15 is 0 Å². The third-order valence-corrected chi connectivity index (χ3v) is 4.36. The van der Waals surface area contributed by atoms with Crippen LogP contribution < -0.4 is 5.32 Å². The predicted octanol–water partition coefficient (Wildman–Crippen LogP) is 1.72. The van der Waals surface area contributed by atoms with Gasteiger partial charge in [-0.3, -0.25) is 9.59 Å². The summed E-state index contributed by atoms with van der Waals surface area (Å²) in [5, 5.41) is 12.2. The number of carboxylic acids is 1. The van der Waals surface area contributed by atoms with Gasteiger partial charge in [0, 0.05) is 13.5 Å². The Morgan fingerprint density at radius 1 is 1.30 bits per heavy atom. The fraction of sp³-hybridized carbons (Fsp3) is 0.471. The van der Waals surface area contributed by atoms with Crippen LogP contribution in [0.25, 0.3) is 0 Å². The lowest BCUT2D eigenvalue weighted by Gasteiger charge is -2.32. The van der Waals surface area contributed by atoms with Crippen molar-refractivity contribution in [2.75, 3.05) is 6.54 Å². The Labute approximate surface area is 135 Å². The zero-order chi connectivity index (χ0) is 17.0. The summed E-state index contributed by atoms with van der Waals surface area (Å²) in [6, 6.07) is 8.76. The highest BCUT2D eigenvalue weighted by Crippen LogP contribution is 2.31. The van der Waals surface area contributed by atoms with Crippen LogP contribution in [0.5, 0.6) is 0 Å². The largest absolute Gasteiger partial charge is 0.480 e. The second kappa shape index (κ2) is 6.81. The smallest absolute Gasteiger partial charge is 0.329 e. The van der Waals surface area contributed by atoms with E-state index < -0.39 is 17.6 Å². The lowest BCUT2D eigenvalue weighted by molar-refractivity contribution is -0.155. The first-order chi connectivity index (χ1) is 10.8. The number of nitrogens with one attached hydrogen (secondary N) is 1. The molecule has 6 heteroatoms. The number of hydrogen-bond acceptors (Lipinski definition) is 3. The van der Waals surface area contributed by atoms with Gasteiger partial charge in [0.05, 0.1) is 12.5 Å². The summed E-state index contributed by atoms with van der Waals surface area (Å²) >= 11 is 0. The lowest BCUT2D eigenvalue weighted by atomic mass is 9.97. The van der Waals surface area contributed by atoms with Crippen LogP contribution in [-0.4, -0.2) is 39.9 Å². The minimum Gasteiger partial charge on any atom is -0.480 e. The van der Waals surface area contributed by atoms with Gasteiger partial charge in [-0.05, 0) is 25.3 Å². The van der Waals surface area contributed by atoms with Crippen LogP contribution >= 0.6 is 0 Å². The van der Waals surface area contributed by atoms with Gasteiger partial charge in [-0.15, -0.1) is 0 Å². The minimum absolute atomic E-state index is 0.0481. The van der Waals surface area contributed by atoms with Gasteiger partial charge < -0.3 is 15.3 Å². The summed E-state index contributed by atoms with van der Waals surface area (Å²) in [6.07, 6.45) is 1.17. The van der Waals surface area contributed by atoms with Crippen molar-refractivity contribution in [2.45, 2.75) is 44.7 Å². The van der Waals surface area contributed by atoms with Crippen molar-refractivity contribution in [3.8, 4) is 0 Å². The third-order valence-electron chi connectivity index (χ3n) is 4.36. The monoisotopic (exact) mass is 318 g/mol. The number of amides is 2. The summed E-state index contributed by atoms with van der Waals surface area (Å²) in [4.78, 5) is 37.0.